The standard InChI is InChI=1S/C23H24N2O/c26-23(20-14-25-21-4-2-1-3-18(20)21)11-15-7-9-17(10-8-15)19-12-22(19)24-13-16-5-6-16/h1-4,7-10,14,16,19,22,24-25H,5-6,11-13H2. The summed E-state index contributed by atoms with van der Waals surface area (Å²) in [6, 6.07) is 17.3. The van der Waals surface area contributed by atoms with Gasteiger partial charge in [-0.15, -0.1) is 0 Å². The predicted octanol–water partition coefficient (Wildman–Crippen LogP) is 4.45. The van der Waals surface area contributed by atoms with E-state index in [0.29, 0.717) is 18.4 Å². The van der Waals surface area contributed by atoms with Gasteiger partial charge in [0, 0.05) is 41.0 Å². The van der Waals surface area contributed by atoms with E-state index in [9.17, 15) is 4.79 Å². The average molecular weight is 344 g/mol. The first-order chi connectivity index (χ1) is 12.8. The summed E-state index contributed by atoms with van der Waals surface area (Å²) >= 11 is 0. The van der Waals surface area contributed by atoms with Gasteiger partial charge >= 0.3 is 0 Å². The number of aromatic nitrogens is 1. The maximum Gasteiger partial charge on any atom is 0.169 e. The third-order valence-corrected chi connectivity index (χ3v) is 5.82. The van der Waals surface area contributed by atoms with Crippen molar-refractivity contribution in [1.82, 2.24) is 10.3 Å². The molecule has 132 valence electrons. The van der Waals surface area contributed by atoms with Crippen molar-refractivity contribution in [3.63, 3.8) is 0 Å². The molecule has 2 N–H and O–H groups in total. The number of fused-ring (bicyclic) bond motifs is 1. The van der Waals surface area contributed by atoms with Gasteiger partial charge in [-0.3, -0.25) is 4.79 Å². The van der Waals surface area contributed by atoms with E-state index in [0.717, 1.165) is 27.9 Å². The van der Waals surface area contributed by atoms with E-state index in [-0.39, 0.29) is 5.78 Å². The number of ketones is 1. The highest BCUT2D eigenvalue weighted by Gasteiger charge is 2.38. The lowest BCUT2D eigenvalue weighted by Gasteiger charge is -2.05. The minimum Gasteiger partial charge on any atom is -0.360 e. The van der Waals surface area contributed by atoms with Crippen LogP contribution >= 0.6 is 0 Å². The summed E-state index contributed by atoms with van der Waals surface area (Å²) in [6.45, 7) is 1.19. The van der Waals surface area contributed by atoms with E-state index >= 15 is 0 Å². The topological polar surface area (TPSA) is 44.9 Å². The minimum absolute atomic E-state index is 0.172. The van der Waals surface area contributed by atoms with E-state index < -0.39 is 0 Å². The normalized spacial score (nSPS) is 21.8. The molecule has 2 saturated carbocycles. The highest BCUT2D eigenvalue weighted by atomic mass is 16.1. The zero-order valence-corrected chi connectivity index (χ0v) is 14.9. The van der Waals surface area contributed by atoms with E-state index in [4.69, 9.17) is 0 Å². The van der Waals surface area contributed by atoms with Crippen LogP contribution in [0, 0.1) is 5.92 Å². The van der Waals surface area contributed by atoms with Gasteiger partial charge in [-0.25, -0.2) is 0 Å². The molecule has 2 aliphatic rings. The Kier molecular flexibility index (Phi) is 3.90. The smallest absolute Gasteiger partial charge is 0.169 e. The number of rotatable bonds is 7. The first kappa shape index (κ1) is 15.8. The van der Waals surface area contributed by atoms with Crippen molar-refractivity contribution in [1.29, 1.82) is 0 Å². The Morgan fingerprint density at radius 1 is 1.08 bits per heavy atom. The SMILES string of the molecule is O=C(Cc1ccc(C2CC2NCC2CC2)cc1)c1c[nH]c2ccccc12. The van der Waals surface area contributed by atoms with Gasteiger partial charge in [0.25, 0.3) is 0 Å². The second kappa shape index (κ2) is 6.40. The number of aromatic amines is 1. The molecule has 2 atom stereocenters. The molecule has 26 heavy (non-hydrogen) atoms. The van der Waals surface area contributed by atoms with Crippen molar-refractivity contribution in [2.75, 3.05) is 6.54 Å². The molecule has 0 aliphatic heterocycles. The highest BCUT2D eigenvalue weighted by Crippen LogP contribution is 2.41. The number of Topliss-reactive ketones (excluding diaryl/α,β-unsaturated/α-hetero) is 1. The van der Waals surface area contributed by atoms with Crippen LogP contribution in [0.25, 0.3) is 10.9 Å². The molecule has 2 fully saturated rings. The molecule has 2 aromatic carbocycles. The Morgan fingerprint density at radius 3 is 2.69 bits per heavy atom. The van der Waals surface area contributed by atoms with Crippen molar-refractivity contribution in [2.45, 2.75) is 37.6 Å². The Bertz CT molecular complexity index is 936. The molecule has 2 aliphatic carbocycles. The quantitative estimate of drug-likeness (QED) is 0.622. The number of hydrogen-bond donors (Lipinski definition) is 2. The number of carbonyl (C=O) groups is 1. The van der Waals surface area contributed by atoms with E-state index in [1.165, 1.54) is 31.4 Å². The zero-order valence-electron chi connectivity index (χ0n) is 14.9. The van der Waals surface area contributed by atoms with Crippen LogP contribution in [0.5, 0.6) is 0 Å². The summed E-state index contributed by atoms with van der Waals surface area (Å²) in [5, 5.41) is 4.70. The van der Waals surface area contributed by atoms with Gasteiger partial charge < -0.3 is 10.3 Å². The monoisotopic (exact) mass is 344 g/mol. The summed E-state index contributed by atoms with van der Waals surface area (Å²) < 4.78 is 0. The molecule has 0 radical (unpaired) electrons. The van der Waals surface area contributed by atoms with Crippen LogP contribution in [0.1, 0.15) is 46.7 Å². The molecule has 5 rings (SSSR count). The van der Waals surface area contributed by atoms with Crippen molar-refractivity contribution < 1.29 is 4.79 Å². The van der Waals surface area contributed by atoms with Crippen molar-refractivity contribution in [2.24, 2.45) is 5.92 Å². The number of H-pyrrole nitrogens is 1. The molecule has 3 aromatic rings. The first-order valence-corrected chi connectivity index (χ1v) is 9.69. The van der Waals surface area contributed by atoms with Crippen LogP contribution in [0.15, 0.2) is 54.7 Å². The zero-order chi connectivity index (χ0) is 17.5. The lowest BCUT2D eigenvalue weighted by Crippen LogP contribution is -2.20. The summed E-state index contributed by atoms with van der Waals surface area (Å²) in [6.07, 6.45) is 6.35. The Labute approximate surface area is 153 Å². The molecule has 0 saturated heterocycles. The Hall–Kier alpha value is -2.39. The molecule has 3 nitrogen and oxygen atoms in total. The van der Waals surface area contributed by atoms with Crippen molar-refractivity contribution >= 4 is 16.7 Å². The van der Waals surface area contributed by atoms with Gasteiger partial charge in [-0.2, -0.15) is 0 Å². The maximum absolute atomic E-state index is 12.7. The number of carbonyl (C=O) groups excluding carboxylic acids is 1. The molecule has 3 heteroatoms. The van der Waals surface area contributed by atoms with Crippen LogP contribution in [0.2, 0.25) is 0 Å². The molecular weight excluding hydrogens is 320 g/mol. The molecule has 1 aromatic heterocycles. The van der Waals surface area contributed by atoms with E-state index in [2.05, 4.69) is 34.6 Å². The third kappa shape index (κ3) is 3.19. The summed E-state index contributed by atoms with van der Waals surface area (Å²) in [4.78, 5) is 15.9. The van der Waals surface area contributed by atoms with Crippen LogP contribution < -0.4 is 5.32 Å². The fourth-order valence-electron chi connectivity index (χ4n) is 3.89. The van der Waals surface area contributed by atoms with Gasteiger partial charge in [0.2, 0.25) is 0 Å². The molecule has 2 unspecified atom stereocenters. The largest absolute Gasteiger partial charge is 0.360 e. The number of para-hydroxylation sites is 1. The van der Waals surface area contributed by atoms with E-state index in [1.54, 1.807) is 0 Å². The second-order valence-corrected chi connectivity index (χ2v) is 7.89. The molecule has 0 spiro atoms. The van der Waals surface area contributed by atoms with Gasteiger partial charge in [-0.05, 0) is 48.9 Å². The predicted molar refractivity (Wildman–Crippen MR) is 105 cm³/mol. The van der Waals surface area contributed by atoms with Gasteiger partial charge in [0.1, 0.15) is 0 Å². The average Bonchev–Trinajstić information content (AvgIpc) is 3.58. The van der Waals surface area contributed by atoms with Crippen molar-refractivity contribution in [3.05, 3.63) is 71.4 Å². The van der Waals surface area contributed by atoms with Crippen molar-refractivity contribution in [3.8, 4) is 0 Å². The van der Waals surface area contributed by atoms with Crippen LogP contribution in [-0.4, -0.2) is 23.4 Å². The lowest BCUT2D eigenvalue weighted by atomic mass is 10.0. The van der Waals surface area contributed by atoms with Gasteiger partial charge in [0.15, 0.2) is 5.78 Å². The molecule has 0 amide bonds. The van der Waals surface area contributed by atoms with Crippen LogP contribution in [0.3, 0.4) is 0 Å². The van der Waals surface area contributed by atoms with E-state index in [1.807, 2.05) is 30.5 Å². The first-order valence-electron chi connectivity index (χ1n) is 9.69. The summed E-state index contributed by atoms with van der Waals surface area (Å²) in [5.41, 5.74) is 4.30. The number of benzene rings is 2. The fraction of sp³-hybridized carbons (Fsp3) is 0.348. The second-order valence-electron chi connectivity index (χ2n) is 7.89. The van der Waals surface area contributed by atoms with Crippen LogP contribution in [-0.2, 0) is 6.42 Å². The lowest BCUT2D eigenvalue weighted by molar-refractivity contribution is 0.0994. The highest BCUT2D eigenvalue weighted by molar-refractivity contribution is 6.08. The Balaban J connectivity index is 1.23. The fourth-order valence-corrected chi connectivity index (χ4v) is 3.89. The minimum atomic E-state index is 0.172. The van der Waals surface area contributed by atoms with Gasteiger partial charge in [-0.1, -0.05) is 42.5 Å². The van der Waals surface area contributed by atoms with Crippen LogP contribution in [0.4, 0.5) is 0 Å². The number of nitrogens with one attached hydrogen (secondary N) is 2. The molecule has 1 heterocycles. The third-order valence-electron chi connectivity index (χ3n) is 5.82. The summed E-state index contributed by atoms with van der Waals surface area (Å²) in [7, 11) is 0. The number of hydrogen-bond acceptors (Lipinski definition) is 2. The molecule has 0 bridgehead atoms. The molecular formula is C23H24N2O. The van der Waals surface area contributed by atoms with Gasteiger partial charge in [0.05, 0.1) is 0 Å². The maximum atomic E-state index is 12.7. The summed E-state index contributed by atoms with van der Waals surface area (Å²) in [5.74, 6) is 1.77. The Morgan fingerprint density at radius 2 is 1.88 bits per heavy atom.